The highest BCUT2D eigenvalue weighted by Gasteiger charge is 2.05. The lowest BCUT2D eigenvalue weighted by Gasteiger charge is -2.09. The highest BCUT2D eigenvalue weighted by Crippen LogP contribution is 2.32. The third-order valence-electron chi connectivity index (χ3n) is 2.01. The molecule has 1 rings (SSSR count). The van der Waals surface area contributed by atoms with Crippen molar-refractivity contribution in [1.29, 1.82) is 0 Å². The smallest absolute Gasteiger partial charge is 0.156 e. The van der Waals surface area contributed by atoms with Crippen LogP contribution in [0.5, 0.6) is 5.75 Å². The third kappa shape index (κ3) is 4.29. The van der Waals surface area contributed by atoms with Gasteiger partial charge in [-0.15, -0.1) is 0 Å². The van der Waals surface area contributed by atoms with Gasteiger partial charge in [0.25, 0.3) is 0 Å². The average molecular weight is 248 g/mol. The van der Waals surface area contributed by atoms with E-state index in [9.17, 15) is 0 Å². The van der Waals surface area contributed by atoms with Gasteiger partial charge >= 0.3 is 0 Å². The maximum absolute atomic E-state index is 5.94. The SMILES string of the molecule is NCCCCCOc1c(Cl)cccc1Cl. The fourth-order valence-electron chi connectivity index (χ4n) is 1.22. The molecule has 0 spiro atoms. The Morgan fingerprint density at radius 2 is 1.73 bits per heavy atom. The Morgan fingerprint density at radius 3 is 2.33 bits per heavy atom. The molecule has 0 amide bonds. The average Bonchev–Trinajstić information content (AvgIpc) is 2.21. The predicted octanol–water partition coefficient (Wildman–Crippen LogP) is 3.50. The minimum Gasteiger partial charge on any atom is -0.490 e. The second-order valence-electron chi connectivity index (χ2n) is 3.25. The number of unbranched alkanes of at least 4 members (excludes halogenated alkanes) is 2. The molecule has 1 aromatic carbocycles. The maximum atomic E-state index is 5.94. The molecule has 1 aromatic rings. The first-order valence-corrected chi connectivity index (χ1v) is 5.78. The monoisotopic (exact) mass is 247 g/mol. The van der Waals surface area contributed by atoms with E-state index >= 15 is 0 Å². The van der Waals surface area contributed by atoms with Crippen molar-refractivity contribution in [1.82, 2.24) is 0 Å². The molecule has 0 atom stereocenters. The molecule has 84 valence electrons. The van der Waals surface area contributed by atoms with E-state index in [1.807, 2.05) is 0 Å². The maximum Gasteiger partial charge on any atom is 0.156 e. The summed E-state index contributed by atoms with van der Waals surface area (Å²) in [6, 6.07) is 5.33. The van der Waals surface area contributed by atoms with Crippen molar-refractivity contribution in [3.8, 4) is 5.75 Å². The molecule has 0 aliphatic rings. The summed E-state index contributed by atoms with van der Waals surface area (Å²) in [5.41, 5.74) is 5.39. The van der Waals surface area contributed by atoms with Crippen molar-refractivity contribution in [2.75, 3.05) is 13.2 Å². The van der Waals surface area contributed by atoms with Gasteiger partial charge in [0.05, 0.1) is 16.7 Å². The molecule has 0 saturated heterocycles. The van der Waals surface area contributed by atoms with Crippen molar-refractivity contribution in [3.63, 3.8) is 0 Å². The van der Waals surface area contributed by atoms with Gasteiger partial charge in [-0.25, -0.2) is 0 Å². The van der Waals surface area contributed by atoms with Crippen LogP contribution in [0.2, 0.25) is 10.0 Å². The molecule has 0 aromatic heterocycles. The van der Waals surface area contributed by atoms with Gasteiger partial charge in [0.1, 0.15) is 0 Å². The summed E-state index contributed by atoms with van der Waals surface area (Å²) < 4.78 is 5.51. The minimum atomic E-state index is 0.557. The lowest BCUT2D eigenvalue weighted by molar-refractivity contribution is 0.306. The first kappa shape index (κ1) is 12.6. The number of rotatable bonds is 6. The predicted molar refractivity (Wildman–Crippen MR) is 64.9 cm³/mol. The van der Waals surface area contributed by atoms with Crippen LogP contribution in [0.4, 0.5) is 0 Å². The molecular weight excluding hydrogens is 233 g/mol. The number of benzene rings is 1. The van der Waals surface area contributed by atoms with E-state index in [0.717, 1.165) is 25.8 Å². The molecule has 4 heteroatoms. The summed E-state index contributed by atoms with van der Waals surface area (Å²) in [7, 11) is 0. The number of ether oxygens (including phenoxy) is 1. The Labute approximate surface area is 100 Å². The summed E-state index contributed by atoms with van der Waals surface area (Å²) >= 11 is 11.9. The third-order valence-corrected chi connectivity index (χ3v) is 2.61. The fraction of sp³-hybridized carbons (Fsp3) is 0.455. The fourth-order valence-corrected chi connectivity index (χ4v) is 1.72. The molecule has 0 unspecified atom stereocenters. The van der Waals surface area contributed by atoms with Crippen molar-refractivity contribution < 1.29 is 4.74 Å². The second kappa shape index (κ2) is 6.94. The molecule has 2 N–H and O–H groups in total. The number of halogens is 2. The number of hydrogen-bond acceptors (Lipinski definition) is 2. The second-order valence-corrected chi connectivity index (χ2v) is 4.06. The lowest BCUT2D eigenvalue weighted by atomic mass is 10.2. The van der Waals surface area contributed by atoms with E-state index in [1.54, 1.807) is 18.2 Å². The highest BCUT2D eigenvalue weighted by atomic mass is 35.5. The Kier molecular flexibility index (Phi) is 5.84. The zero-order valence-corrected chi connectivity index (χ0v) is 10.0. The van der Waals surface area contributed by atoms with Crippen molar-refractivity contribution in [3.05, 3.63) is 28.2 Å². The van der Waals surface area contributed by atoms with Gasteiger partial charge in [-0.3, -0.25) is 0 Å². The topological polar surface area (TPSA) is 35.2 Å². The van der Waals surface area contributed by atoms with Crippen LogP contribution in [0, 0.1) is 0 Å². The summed E-state index contributed by atoms with van der Waals surface area (Å²) in [6.07, 6.45) is 3.07. The van der Waals surface area contributed by atoms with Crippen LogP contribution in [0.3, 0.4) is 0 Å². The van der Waals surface area contributed by atoms with Crippen molar-refractivity contribution in [2.45, 2.75) is 19.3 Å². The molecule has 0 aliphatic heterocycles. The van der Waals surface area contributed by atoms with Crippen LogP contribution in [-0.4, -0.2) is 13.2 Å². The molecule has 0 fully saturated rings. The van der Waals surface area contributed by atoms with Gasteiger partial charge in [-0.2, -0.15) is 0 Å². The molecule has 0 bridgehead atoms. The Hall–Kier alpha value is -0.440. The van der Waals surface area contributed by atoms with E-state index in [1.165, 1.54) is 0 Å². The standard InChI is InChI=1S/C11H15Cl2NO/c12-9-5-4-6-10(13)11(9)15-8-3-1-2-7-14/h4-6H,1-3,7-8,14H2. The number of para-hydroxylation sites is 1. The normalized spacial score (nSPS) is 10.3. The molecular formula is C11H15Cl2NO. The zero-order valence-electron chi connectivity index (χ0n) is 8.51. The van der Waals surface area contributed by atoms with Crippen LogP contribution in [0.1, 0.15) is 19.3 Å². The van der Waals surface area contributed by atoms with Gasteiger partial charge in [0.15, 0.2) is 5.75 Å². The summed E-state index contributed by atoms with van der Waals surface area (Å²) in [4.78, 5) is 0. The Bertz CT molecular complexity index is 284. The largest absolute Gasteiger partial charge is 0.490 e. The molecule has 0 aliphatic carbocycles. The van der Waals surface area contributed by atoms with Crippen LogP contribution in [0.25, 0.3) is 0 Å². The molecule has 0 radical (unpaired) electrons. The van der Waals surface area contributed by atoms with Gasteiger partial charge in [0, 0.05) is 0 Å². The Balaban J connectivity index is 2.37. The molecule has 0 saturated carbocycles. The van der Waals surface area contributed by atoms with Gasteiger partial charge in [-0.1, -0.05) is 29.3 Å². The Morgan fingerprint density at radius 1 is 1.07 bits per heavy atom. The van der Waals surface area contributed by atoms with E-state index in [2.05, 4.69) is 0 Å². The van der Waals surface area contributed by atoms with E-state index in [4.69, 9.17) is 33.7 Å². The van der Waals surface area contributed by atoms with E-state index in [-0.39, 0.29) is 0 Å². The van der Waals surface area contributed by atoms with Gasteiger partial charge in [0.2, 0.25) is 0 Å². The highest BCUT2D eigenvalue weighted by molar-refractivity contribution is 6.37. The van der Waals surface area contributed by atoms with Crippen molar-refractivity contribution >= 4 is 23.2 Å². The van der Waals surface area contributed by atoms with Crippen LogP contribution in [-0.2, 0) is 0 Å². The van der Waals surface area contributed by atoms with E-state index < -0.39 is 0 Å². The lowest BCUT2D eigenvalue weighted by Crippen LogP contribution is -2.02. The first-order chi connectivity index (χ1) is 7.25. The quantitative estimate of drug-likeness (QED) is 0.782. The van der Waals surface area contributed by atoms with Crippen LogP contribution < -0.4 is 10.5 Å². The summed E-state index contributed by atoms with van der Waals surface area (Å²) in [5, 5.41) is 1.11. The summed E-state index contributed by atoms with van der Waals surface area (Å²) in [6.45, 7) is 1.36. The van der Waals surface area contributed by atoms with Gasteiger partial charge in [-0.05, 0) is 37.9 Å². The minimum absolute atomic E-state index is 0.557. The summed E-state index contributed by atoms with van der Waals surface area (Å²) in [5.74, 6) is 0.577. The molecule has 0 heterocycles. The molecule has 15 heavy (non-hydrogen) atoms. The van der Waals surface area contributed by atoms with Gasteiger partial charge < -0.3 is 10.5 Å². The van der Waals surface area contributed by atoms with Crippen LogP contribution in [0.15, 0.2) is 18.2 Å². The first-order valence-electron chi connectivity index (χ1n) is 5.02. The molecule has 2 nitrogen and oxygen atoms in total. The number of hydrogen-bond donors (Lipinski definition) is 1. The van der Waals surface area contributed by atoms with Crippen LogP contribution >= 0.6 is 23.2 Å². The zero-order chi connectivity index (χ0) is 11.1. The number of nitrogens with two attached hydrogens (primary N) is 1. The van der Waals surface area contributed by atoms with Crippen molar-refractivity contribution in [2.24, 2.45) is 5.73 Å². The van der Waals surface area contributed by atoms with E-state index in [0.29, 0.717) is 22.4 Å².